The maximum absolute atomic E-state index is 9.35. The Balaban J connectivity index is 2.20. The molecule has 0 heterocycles. The molecule has 1 heteroatoms. The van der Waals surface area contributed by atoms with E-state index >= 15 is 0 Å². The molecule has 0 aliphatic heterocycles. The second kappa shape index (κ2) is 2.35. The van der Waals surface area contributed by atoms with Gasteiger partial charge in [0.05, 0.1) is 6.10 Å². The standard InChI is InChI=1S/C10H12O/c1-7-9(10(7)11)8-5-3-2-4-6-8/h2-7,9-11H,1H3/t7-,9+,10+/m0/s1. The topological polar surface area (TPSA) is 20.2 Å². The Morgan fingerprint density at radius 1 is 1.18 bits per heavy atom. The molecule has 1 aromatic rings. The van der Waals surface area contributed by atoms with Gasteiger partial charge >= 0.3 is 0 Å². The van der Waals surface area contributed by atoms with E-state index in [9.17, 15) is 5.11 Å². The van der Waals surface area contributed by atoms with E-state index in [2.05, 4.69) is 19.1 Å². The first-order chi connectivity index (χ1) is 5.30. The third kappa shape index (κ3) is 1.05. The molecule has 0 amide bonds. The molecule has 1 aliphatic carbocycles. The molecule has 1 aromatic carbocycles. The van der Waals surface area contributed by atoms with Gasteiger partial charge in [-0.1, -0.05) is 37.3 Å². The summed E-state index contributed by atoms with van der Waals surface area (Å²) in [5.74, 6) is 0.855. The zero-order valence-electron chi connectivity index (χ0n) is 6.57. The van der Waals surface area contributed by atoms with E-state index in [4.69, 9.17) is 0 Å². The molecule has 0 aromatic heterocycles. The van der Waals surface area contributed by atoms with Crippen molar-refractivity contribution in [3.05, 3.63) is 35.9 Å². The van der Waals surface area contributed by atoms with Crippen molar-refractivity contribution >= 4 is 0 Å². The van der Waals surface area contributed by atoms with Crippen LogP contribution in [0.25, 0.3) is 0 Å². The fraction of sp³-hybridized carbons (Fsp3) is 0.400. The first-order valence-corrected chi connectivity index (χ1v) is 4.03. The molecule has 0 spiro atoms. The predicted molar refractivity (Wildman–Crippen MR) is 44.4 cm³/mol. The monoisotopic (exact) mass is 148 g/mol. The van der Waals surface area contributed by atoms with Gasteiger partial charge in [0.25, 0.3) is 0 Å². The number of benzene rings is 1. The zero-order valence-corrected chi connectivity index (χ0v) is 6.57. The van der Waals surface area contributed by atoms with E-state index in [0.29, 0.717) is 11.8 Å². The largest absolute Gasteiger partial charge is 0.392 e. The lowest BCUT2D eigenvalue weighted by Gasteiger charge is -1.94. The normalized spacial score (nSPS) is 35.3. The van der Waals surface area contributed by atoms with Crippen LogP contribution in [0.2, 0.25) is 0 Å². The number of hydrogen-bond donors (Lipinski definition) is 1. The fourth-order valence-corrected chi connectivity index (χ4v) is 1.62. The van der Waals surface area contributed by atoms with Crippen molar-refractivity contribution in [2.24, 2.45) is 5.92 Å². The van der Waals surface area contributed by atoms with Crippen molar-refractivity contribution in [1.82, 2.24) is 0 Å². The molecule has 0 bridgehead atoms. The summed E-state index contributed by atoms with van der Waals surface area (Å²) >= 11 is 0. The summed E-state index contributed by atoms with van der Waals surface area (Å²) in [6, 6.07) is 10.2. The van der Waals surface area contributed by atoms with Gasteiger partial charge in [-0.2, -0.15) is 0 Å². The van der Waals surface area contributed by atoms with E-state index in [-0.39, 0.29) is 6.10 Å². The van der Waals surface area contributed by atoms with E-state index in [1.54, 1.807) is 0 Å². The first kappa shape index (κ1) is 6.86. The molecule has 3 atom stereocenters. The molecule has 1 fully saturated rings. The fourth-order valence-electron chi connectivity index (χ4n) is 1.62. The van der Waals surface area contributed by atoms with Crippen molar-refractivity contribution < 1.29 is 5.11 Å². The summed E-state index contributed by atoms with van der Waals surface area (Å²) in [5.41, 5.74) is 1.27. The van der Waals surface area contributed by atoms with Gasteiger partial charge in [0.15, 0.2) is 0 Å². The van der Waals surface area contributed by atoms with E-state index in [0.717, 1.165) is 0 Å². The Bertz CT molecular complexity index is 234. The minimum atomic E-state index is -0.0996. The minimum Gasteiger partial charge on any atom is -0.392 e. The third-order valence-corrected chi connectivity index (χ3v) is 2.52. The SMILES string of the molecule is C[C@@H]1[C@@H](O)[C@H]1c1ccccc1. The van der Waals surface area contributed by atoms with Gasteiger partial charge in [-0.25, -0.2) is 0 Å². The lowest BCUT2D eigenvalue weighted by molar-refractivity contribution is 0.258. The summed E-state index contributed by atoms with van der Waals surface area (Å²) < 4.78 is 0. The number of aliphatic hydroxyl groups excluding tert-OH is 1. The van der Waals surface area contributed by atoms with Crippen molar-refractivity contribution in [1.29, 1.82) is 0 Å². The molecule has 0 unspecified atom stereocenters. The maximum atomic E-state index is 9.35. The van der Waals surface area contributed by atoms with Crippen LogP contribution in [0.5, 0.6) is 0 Å². The zero-order chi connectivity index (χ0) is 7.84. The van der Waals surface area contributed by atoms with Crippen LogP contribution in [0.4, 0.5) is 0 Å². The number of aliphatic hydroxyl groups is 1. The number of hydrogen-bond acceptors (Lipinski definition) is 1. The predicted octanol–water partition coefficient (Wildman–Crippen LogP) is 1.78. The Morgan fingerprint density at radius 3 is 2.18 bits per heavy atom. The molecule has 0 radical (unpaired) electrons. The highest BCUT2D eigenvalue weighted by Crippen LogP contribution is 2.46. The van der Waals surface area contributed by atoms with Crippen LogP contribution in [-0.2, 0) is 0 Å². The third-order valence-electron chi connectivity index (χ3n) is 2.52. The van der Waals surface area contributed by atoms with Crippen LogP contribution in [0, 0.1) is 5.92 Å². The minimum absolute atomic E-state index is 0.0996. The van der Waals surface area contributed by atoms with Gasteiger partial charge in [-0.15, -0.1) is 0 Å². The van der Waals surface area contributed by atoms with E-state index < -0.39 is 0 Å². The Morgan fingerprint density at radius 2 is 1.73 bits per heavy atom. The average Bonchev–Trinajstić information content (AvgIpc) is 2.62. The summed E-state index contributed by atoms with van der Waals surface area (Å²) in [6.07, 6.45) is -0.0996. The van der Waals surface area contributed by atoms with Crippen molar-refractivity contribution in [3.8, 4) is 0 Å². The van der Waals surface area contributed by atoms with Crippen molar-refractivity contribution in [2.45, 2.75) is 18.9 Å². The molecule has 1 nitrogen and oxygen atoms in total. The molecule has 0 saturated heterocycles. The molecular weight excluding hydrogens is 136 g/mol. The molecule has 1 aliphatic rings. The molecular formula is C10H12O. The van der Waals surface area contributed by atoms with Crippen LogP contribution < -0.4 is 0 Å². The van der Waals surface area contributed by atoms with Crippen LogP contribution in [0.3, 0.4) is 0 Å². The molecule has 58 valence electrons. The highest BCUT2D eigenvalue weighted by atomic mass is 16.3. The lowest BCUT2D eigenvalue weighted by atomic mass is 10.1. The Hall–Kier alpha value is -0.820. The maximum Gasteiger partial charge on any atom is 0.0644 e. The van der Waals surface area contributed by atoms with Crippen LogP contribution in [-0.4, -0.2) is 11.2 Å². The van der Waals surface area contributed by atoms with Gasteiger partial charge in [0.1, 0.15) is 0 Å². The van der Waals surface area contributed by atoms with Crippen LogP contribution >= 0.6 is 0 Å². The van der Waals surface area contributed by atoms with Crippen LogP contribution in [0.15, 0.2) is 30.3 Å². The van der Waals surface area contributed by atoms with Gasteiger partial charge < -0.3 is 5.11 Å². The summed E-state index contributed by atoms with van der Waals surface area (Å²) in [6.45, 7) is 2.09. The summed E-state index contributed by atoms with van der Waals surface area (Å²) in [7, 11) is 0. The summed E-state index contributed by atoms with van der Waals surface area (Å²) in [5, 5.41) is 9.35. The van der Waals surface area contributed by atoms with E-state index in [1.165, 1.54) is 5.56 Å². The second-order valence-electron chi connectivity index (χ2n) is 3.29. The van der Waals surface area contributed by atoms with E-state index in [1.807, 2.05) is 18.2 Å². The Kier molecular flexibility index (Phi) is 1.46. The van der Waals surface area contributed by atoms with Gasteiger partial charge in [-0.3, -0.25) is 0 Å². The molecule has 1 saturated carbocycles. The van der Waals surface area contributed by atoms with Crippen molar-refractivity contribution in [3.63, 3.8) is 0 Å². The highest BCUT2D eigenvalue weighted by Gasteiger charge is 2.46. The van der Waals surface area contributed by atoms with Gasteiger partial charge in [0, 0.05) is 5.92 Å². The average molecular weight is 148 g/mol. The summed E-state index contributed by atoms with van der Waals surface area (Å²) in [4.78, 5) is 0. The molecule has 2 rings (SSSR count). The second-order valence-corrected chi connectivity index (χ2v) is 3.29. The molecule has 11 heavy (non-hydrogen) atoms. The molecule has 1 N–H and O–H groups in total. The number of rotatable bonds is 1. The van der Waals surface area contributed by atoms with Gasteiger partial charge in [0.2, 0.25) is 0 Å². The van der Waals surface area contributed by atoms with Gasteiger partial charge in [-0.05, 0) is 11.5 Å². The highest BCUT2D eigenvalue weighted by molar-refractivity contribution is 5.28. The van der Waals surface area contributed by atoms with Crippen LogP contribution in [0.1, 0.15) is 18.4 Å². The lowest BCUT2D eigenvalue weighted by Crippen LogP contribution is -1.83. The first-order valence-electron chi connectivity index (χ1n) is 4.03. The Labute approximate surface area is 66.7 Å². The van der Waals surface area contributed by atoms with Crippen molar-refractivity contribution in [2.75, 3.05) is 0 Å². The smallest absolute Gasteiger partial charge is 0.0644 e. The quantitative estimate of drug-likeness (QED) is 0.643.